The topological polar surface area (TPSA) is 517 Å². The highest BCUT2D eigenvalue weighted by atomic mass is 33.1. The zero-order valence-electron chi connectivity index (χ0n) is 49.3. The lowest BCUT2D eigenvalue weighted by Crippen LogP contribution is -2.61. The molecule has 0 saturated carbocycles. The second-order valence-electron chi connectivity index (χ2n) is 21.5. The predicted octanol–water partition coefficient (Wildman–Crippen LogP) is -4.03. The second-order valence-corrected chi connectivity index (χ2v) is 25.4. The highest BCUT2D eigenvalue weighted by molar-refractivity contribution is 8.76. The minimum atomic E-state index is -1.83. The van der Waals surface area contributed by atoms with Gasteiger partial charge in [-0.25, -0.2) is 4.79 Å². The standard InChI is InChI=1S/C54H85N17O14S3/c1-3-28(2)44-52(84)66-33(17-18-39(55)73)48(80)67-35(24-40(56)74)49(81)68-37(27-88-87-22-19-43(77)63-34(50(82)70-44)23-29-13-15-30(72)16-14-29)51(83)65-32(47(79)64-31(10-8-21-61-53(58)59)46(78)62-25-41(57)75)9-6-7-20-60-42(76)12-5-4-11-38-45-36(26-86-38)69-54(85)71-45/h13-16,28,31-38,44-45,72H,3-12,17-27H2,1-2H3,(H2,55,73)(H2,56,74)(H2,57,75)(H,60,76)(H,62,78)(H,63,77)(H,64,79)(H,65,83)(H,66,84)(H,67,80)(H,68,81)(H,70,82)(H4,58,59,61)(H2,69,71,85)/t28-,31-,32+,33+,34+,35-,36?,37-,38?,44-,45?/m0/s1. The van der Waals surface area contributed by atoms with E-state index in [-0.39, 0.29) is 111 Å². The molecule has 34 heteroatoms. The number of aromatic hydroxyl groups is 1. The lowest BCUT2D eigenvalue weighted by Gasteiger charge is -2.29. The number of fused-ring (bicyclic) bond motifs is 1. The summed E-state index contributed by atoms with van der Waals surface area (Å²) in [5, 5.41) is 39.3. The molecule has 488 valence electrons. The van der Waals surface area contributed by atoms with Crippen molar-refractivity contribution >= 4 is 116 Å². The lowest BCUT2D eigenvalue weighted by atomic mass is 9.96. The molecule has 3 heterocycles. The number of carbonyl (C=O) groups excluding carboxylic acids is 13. The summed E-state index contributed by atoms with van der Waals surface area (Å²) >= 11 is 1.78. The Morgan fingerprint density at radius 2 is 1.35 bits per heavy atom. The number of hydrogen-bond donors (Lipinski definition) is 17. The van der Waals surface area contributed by atoms with E-state index in [1.807, 2.05) is 0 Å². The van der Waals surface area contributed by atoms with Crippen LogP contribution in [-0.2, 0) is 64.0 Å². The fourth-order valence-electron chi connectivity index (χ4n) is 9.51. The van der Waals surface area contributed by atoms with Crippen molar-refractivity contribution in [2.24, 2.45) is 39.6 Å². The number of nitrogens with one attached hydrogen (secondary N) is 11. The molecule has 1 aromatic carbocycles. The number of unbranched alkanes of at least 4 members (excludes halogenated alkanes) is 2. The first kappa shape index (κ1) is 72.7. The van der Waals surface area contributed by atoms with Gasteiger partial charge in [0.1, 0.15) is 48.0 Å². The molecule has 3 unspecified atom stereocenters. The molecule has 88 heavy (non-hydrogen) atoms. The number of thioether (sulfide) groups is 1. The molecule has 4 rings (SSSR count). The molecule has 0 spiro atoms. The van der Waals surface area contributed by atoms with Gasteiger partial charge in [-0.2, -0.15) is 11.8 Å². The van der Waals surface area contributed by atoms with Gasteiger partial charge in [-0.15, -0.1) is 0 Å². The third kappa shape index (κ3) is 26.3. The molecule has 3 aliphatic heterocycles. The van der Waals surface area contributed by atoms with Crippen LogP contribution in [0.2, 0.25) is 0 Å². The van der Waals surface area contributed by atoms with Crippen LogP contribution in [0.1, 0.15) is 109 Å². The molecular formula is C54H85N17O14S3. The SMILES string of the molecule is CC[C@H](C)[C@@H]1NC(=O)[C@@H](Cc2ccc(O)cc2)NC(=O)CCSSC[C@@H](C(=O)N[C@H](CCCCNC(=O)CCCCC2SCC3NC(=O)NC32)C(=O)N[C@@H](CCCN=C(N)N)C(=O)NCC(N)=O)NC(=O)[C@H](CC(N)=O)NC(=O)[C@@H](CCC(N)=O)NC1=O. The first-order chi connectivity index (χ1) is 41.8. The molecule has 22 N–H and O–H groups in total. The average molecular weight is 1290 g/mol. The molecule has 3 fully saturated rings. The molecular weight excluding hydrogens is 1210 g/mol. The number of hydrogen-bond acceptors (Lipinski definition) is 18. The smallest absolute Gasteiger partial charge is 0.315 e. The van der Waals surface area contributed by atoms with Gasteiger partial charge in [0.2, 0.25) is 70.9 Å². The molecule has 14 amide bonds. The van der Waals surface area contributed by atoms with Gasteiger partial charge in [0.05, 0.1) is 25.0 Å². The summed E-state index contributed by atoms with van der Waals surface area (Å²) in [4.78, 5) is 178. The Kier molecular flexibility index (Phi) is 31.3. The van der Waals surface area contributed by atoms with Crippen LogP contribution in [0, 0.1) is 5.92 Å². The molecule has 1 aromatic rings. The van der Waals surface area contributed by atoms with Crippen LogP contribution in [0.4, 0.5) is 4.79 Å². The van der Waals surface area contributed by atoms with E-state index in [0.717, 1.165) is 40.2 Å². The van der Waals surface area contributed by atoms with E-state index in [2.05, 4.69) is 63.5 Å². The van der Waals surface area contributed by atoms with E-state index in [9.17, 15) is 67.4 Å². The van der Waals surface area contributed by atoms with Gasteiger partial charge in [0.15, 0.2) is 5.96 Å². The molecule has 0 aromatic heterocycles. The highest BCUT2D eigenvalue weighted by Crippen LogP contribution is 2.33. The van der Waals surface area contributed by atoms with E-state index >= 15 is 0 Å². The van der Waals surface area contributed by atoms with Crippen LogP contribution < -0.4 is 87.2 Å². The molecule has 3 aliphatic rings. The monoisotopic (exact) mass is 1290 g/mol. The third-order valence-electron chi connectivity index (χ3n) is 14.5. The summed E-state index contributed by atoms with van der Waals surface area (Å²) in [6.45, 7) is 3.03. The van der Waals surface area contributed by atoms with Crippen molar-refractivity contribution in [3.63, 3.8) is 0 Å². The van der Waals surface area contributed by atoms with E-state index < -0.39 is 139 Å². The second kappa shape index (κ2) is 37.8. The van der Waals surface area contributed by atoms with Gasteiger partial charge in [0.25, 0.3) is 0 Å². The zero-order chi connectivity index (χ0) is 64.9. The number of urea groups is 1. The number of phenolic OH excluding ortho intramolecular Hbond substituents is 1. The molecule has 0 radical (unpaired) electrons. The van der Waals surface area contributed by atoms with E-state index in [4.69, 9.17) is 28.7 Å². The quantitative estimate of drug-likeness (QED) is 0.0115. The summed E-state index contributed by atoms with van der Waals surface area (Å²) in [6, 6.07) is -4.62. The lowest BCUT2D eigenvalue weighted by molar-refractivity contribution is -0.137. The number of nitrogens with two attached hydrogens (primary N) is 5. The number of phenols is 1. The van der Waals surface area contributed by atoms with Crippen LogP contribution in [-0.4, -0.2) is 185 Å². The zero-order valence-corrected chi connectivity index (χ0v) is 51.8. The first-order valence-electron chi connectivity index (χ1n) is 29.1. The summed E-state index contributed by atoms with van der Waals surface area (Å²) < 4.78 is 0. The van der Waals surface area contributed by atoms with Gasteiger partial charge in [-0.3, -0.25) is 62.5 Å². The summed E-state index contributed by atoms with van der Waals surface area (Å²) in [5.74, 6) is -10.5. The Hall–Kier alpha value is -7.75. The van der Waals surface area contributed by atoms with Crippen molar-refractivity contribution in [1.29, 1.82) is 0 Å². The average Bonchev–Trinajstić information content (AvgIpc) is 4.21. The van der Waals surface area contributed by atoms with Gasteiger partial charge in [-0.05, 0) is 75.0 Å². The Labute approximate surface area is 521 Å². The molecule has 31 nitrogen and oxygen atoms in total. The molecule has 0 bridgehead atoms. The maximum Gasteiger partial charge on any atom is 0.315 e. The van der Waals surface area contributed by atoms with Gasteiger partial charge < -0.3 is 92.3 Å². The van der Waals surface area contributed by atoms with Crippen molar-refractivity contribution < 1.29 is 67.4 Å². The predicted molar refractivity (Wildman–Crippen MR) is 329 cm³/mol. The fourth-order valence-corrected chi connectivity index (χ4v) is 13.2. The van der Waals surface area contributed by atoms with Gasteiger partial charge in [-0.1, -0.05) is 60.4 Å². The van der Waals surface area contributed by atoms with E-state index in [1.165, 1.54) is 12.1 Å². The van der Waals surface area contributed by atoms with Gasteiger partial charge in [0, 0.05) is 61.3 Å². The van der Waals surface area contributed by atoms with Crippen LogP contribution in [0.5, 0.6) is 5.75 Å². The Morgan fingerprint density at radius 3 is 2.03 bits per heavy atom. The number of nitrogens with zero attached hydrogens (tertiary/aromatic N) is 1. The number of aliphatic imine (C=N–C) groups is 1. The summed E-state index contributed by atoms with van der Waals surface area (Å²) in [7, 11) is 2.09. The normalized spacial score (nSPS) is 23.0. The van der Waals surface area contributed by atoms with Crippen LogP contribution in [0.3, 0.4) is 0 Å². The van der Waals surface area contributed by atoms with Crippen LogP contribution in [0.15, 0.2) is 29.3 Å². The number of rotatable bonds is 30. The van der Waals surface area contributed by atoms with Crippen LogP contribution >= 0.6 is 33.3 Å². The van der Waals surface area contributed by atoms with Crippen LogP contribution in [0.25, 0.3) is 0 Å². The molecule has 11 atom stereocenters. The summed E-state index contributed by atoms with van der Waals surface area (Å²) in [6.07, 6.45) is 1.21. The van der Waals surface area contributed by atoms with E-state index in [0.29, 0.717) is 24.8 Å². The maximum atomic E-state index is 14.6. The Morgan fingerprint density at radius 1 is 0.670 bits per heavy atom. The number of primary amides is 3. The minimum absolute atomic E-state index is 0.0422. The number of guanidine groups is 1. The van der Waals surface area contributed by atoms with E-state index in [1.54, 1.807) is 37.7 Å². The number of benzene rings is 1. The number of carbonyl (C=O) groups is 13. The first-order valence-corrected chi connectivity index (χ1v) is 32.6. The van der Waals surface area contributed by atoms with Crippen molar-refractivity contribution in [2.75, 3.05) is 36.9 Å². The Balaban J connectivity index is 1.62. The molecule has 0 aliphatic carbocycles. The van der Waals surface area contributed by atoms with Crippen molar-refractivity contribution in [3.05, 3.63) is 29.8 Å². The maximum absolute atomic E-state index is 14.6. The third-order valence-corrected chi connectivity index (χ3v) is 18.4. The minimum Gasteiger partial charge on any atom is -0.508 e. The summed E-state index contributed by atoms with van der Waals surface area (Å²) in [5.41, 5.74) is 27.8. The van der Waals surface area contributed by atoms with Crippen molar-refractivity contribution in [3.8, 4) is 5.75 Å². The highest BCUT2D eigenvalue weighted by Gasteiger charge is 2.43. The fraction of sp³-hybridized carbons (Fsp3) is 0.630. The largest absolute Gasteiger partial charge is 0.508 e. The number of amides is 14. The Bertz CT molecular complexity index is 2660. The van der Waals surface area contributed by atoms with Gasteiger partial charge >= 0.3 is 6.03 Å². The van der Waals surface area contributed by atoms with Crippen molar-refractivity contribution in [2.45, 2.75) is 170 Å². The molecule has 3 saturated heterocycles. The van der Waals surface area contributed by atoms with Crippen molar-refractivity contribution in [1.82, 2.24) is 58.5 Å².